The molecule has 100 valence electrons. The molecule has 0 unspecified atom stereocenters. The number of hydrogen-bond donors (Lipinski definition) is 2. The van der Waals surface area contributed by atoms with Crippen LogP contribution in [0.4, 0.5) is 5.69 Å². The van der Waals surface area contributed by atoms with Gasteiger partial charge in [0, 0.05) is 24.3 Å². The zero-order chi connectivity index (χ0) is 13.8. The van der Waals surface area contributed by atoms with Crippen LogP contribution >= 0.6 is 0 Å². The van der Waals surface area contributed by atoms with Crippen LogP contribution in [0.2, 0.25) is 0 Å². The fourth-order valence-corrected chi connectivity index (χ4v) is 1.97. The number of primary amides is 1. The molecule has 0 aliphatic carbocycles. The highest BCUT2D eigenvalue weighted by atomic mass is 16.2. The molecule has 2 rings (SSSR count). The number of anilines is 1. The van der Waals surface area contributed by atoms with Gasteiger partial charge >= 0.3 is 11.8 Å². The molecule has 19 heavy (non-hydrogen) atoms. The summed E-state index contributed by atoms with van der Waals surface area (Å²) in [6, 6.07) is 6.07. The molecule has 0 aromatic heterocycles. The van der Waals surface area contributed by atoms with E-state index in [1.54, 1.807) is 0 Å². The minimum Gasteiger partial charge on any atom is -0.366 e. The maximum Gasteiger partial charge on any atom is 0.313 e. The maximum atomic E-state index is 11.8. The van der Waals surface area contributed by atoms with E-state index in [2.05, 4.69) is 5.32 Å². The van der Waals surface area contributed by atoms with Crippen molar-refractivity contribution in [3.8, 4) is 0 Å². The molecule has 1 aromatic carbocycles. The molecule has 0 spiro atoms. The van der Waals surface area contributed by atoms with Gasteiger partial charge in [0.05, 0.1) is 0 Å². The standard InChI is InChI=1S/C13H15N3O3/c14-11(17)9-3-5-10(6-4-9)15-12(18)13(19)16-7-1-2-8-16/h3-6H,1-2,7-8H2,(H2,14,17)(H,15,18). The second-order valence-corrected chi connectivity index (χ2v) is 4.40. The predicted octanol–water partition coefficient (Wildman–Crippen LogP) is 0.346. The Hall–Kier alpha value is -2.37. The lowest BCUT2D eigenvalue weighted by molar-refractivity contribution is -0.142. The number of rotatable bonds is 2. The summed E-state index contributed by atoms with van der Waals surface area (Å²) in [6.07, 6.45) is 1.87. The van der Waals surface area contributed by atoms with E-state index < -0.39 is 17.7 Å². The number of carbonyl (C=O) groups excluding carboxylic acids is 3. The van der Waals surface area contributed by atoms with Crippen LogP contribution in [0.25, 0.3) is 0 Å². The molecule has 1 saturated heterocycles. The molecule has 1 aliphatic heterocycles. The molecule has 1 aromatic rings. The summed E-state index contributed by atoms with van der Waals surface area (Å²) in [6.45, 7) is 1.26. The van der Waals surface area contributed by atoms with E-state index in [4.69, 9.17) is 5.73 Å². The fourth-order valence-electron chi connectivity index (χ4n) is 1.97. The van der Waals surface area contributed by atoms with Crippen LogP contribution in [-0.2, 0) is 9.59 Å². The van der Waals surface area contributed by atoms with Crippen molar-refractivity contribution in [2.75, 3.05) is 18.4 Å². The Morgan fingerprint density at radius 2 is 1.63 bits per heavy atom. The first kappa shape index (κ1) is 13.1. The summed E-state index contributed by atoms with van der Waals surface area (Å²) in [5.41, 5.74) is 5.92. The van der Waals surface area contributed by atoms with Crippen LogP contribution in [0.3, 0.4) is 0 Å². The highest BCUT2D eigenvalue weighted by Crippen LogP contribution is 2.11. The number of benzene rings is 1. The van der Waals surface area contributed by atoms with Crippen LogP contribution in [0.1, 0.15) is 23.2 Å². The second kappa shape index (κ2) is 5.51. The Morgan fingerprint density at radius 1 is 1.05 bits per heavy atom. The van der Waals surface area contributed by atoms with E-state index in [0.29, 0.717) is 24.3 Å². The molecule has 0 saturated carbocycles. The van der Waals surface area contributed by atoms with E-state index in [1.807, 2.05) is 0 Å². The molecule has 0 radical (unpaired) electrons. The summed E-state index contributed by atoms with van der Waals surface area (Å²) >= 11 is 0. The van der Waals surface area contributed by atoms with Gasteiger partial charge in [-0.05, 0) is 37.1 Å². The lowest BCUT2D eigenvalue weighted by Crippen LogP contribution is -2.37. The van der Waals surface area contributed by atoms with Gasteiger partial charge in [-0.1, -0.05) is 0 Å². The van der Waals surface area contributed by atoms with E-state index in [1.165, 1.54) is 29.2 Å². The molecule has 0 bridgehead atoms. The quantitative estimate of drug-likeness (QED) is 0.752. The van der Waals surface area contributed by atoms with Gasteiger partial charge in [-0.2, -0.15) is 0 Å². The van der Waals surface area contributed by atoms with E-state index in [-0.39, 0.29) is 0 Å². The van der Waals surface area contributed by atoms with Crippen LogP contribution in [0.5, 0.6) is 0 Å². The SMILES string of the molecule is NC(=O)c1ccc(NC(=O)C(=O)N2CCCC2)cc1. The van der Waals surface area contributed by atoms with Gasteiger partial charge in [0.1, 0.15) is 0 Å². The van der Waals surface area contributed by atoms with Crippen molar-refractivity contribution >= 4 is 23.4 Å². The molecule has 1 aliphatic rings. The smallest absolute Gasteiger partial charge is 0.313 e. The van der Waals surface area contributed by atoms with Crippen molar-refractivity contribution in [2.45, 2.75) is 12.8 Å². The average molecular weight is 261 g/mol. The topological polar surface area (TPSA) is 92.5 Å². The largest absolute Gasteiger partial charge is 0.366 e. The summed E-state index contributed by atoms with van der Waals surface area (Å²) < 4.78 is 0. The lowest BCUT2D eigenvalue weighted by Gasteiger charge is -2.14. The van der Waals surface area contributed by atoms with Gasteiger partial charge in [-0.15, -0.1) is 0 Å². The molecule has 1 fully saturated rings. The molecular formula is C13H15N3O3. The number of nitrogens with zero attached hydrogens (tertiary/aromatic N) is 1. The zero-order valence-corrected chi connectivity index (χ0v) is 10.4. The average Bonchev–Trinajstić information content (AvgIpc) is 2.92. The molecular weight excluding hydrogens is 246 g/mol. The number of hydrogen-bond acceptors (Lipinski definition) is 3. The van der Waals surface area contributed by atoms with Crippen LogP contribution in [-0.4, -0.2) is 35.7 Å². The summed E-state index contributed by atoms with van der Waals surface area (Å²) in [5.74, 6) is -1.71. The molecule has 3 amide bonds. The van der Waals surface area contributed by atoms with Crippen molar-refractivity contribution in [1.29, 1.82) is 0 Å². The van der Waals surface area contributed by atoms with Gasteiger partial charge in [0.25, 0.3) is 0 Å². The molecule has 6 nitrogen and oxygen atoms in total. The van der Waals surface area contributed by atoms with Crippen LogP contribution in [0, 0.1) is 0 Å². The first-order valence-corrected chi connectivity index (χ1v) is 6.08. The van der Waals surface area contributed by atoms with Crippen LogP contribution < -0.4 is 11.1 Å². The van der Waals surface area contributed by atoms with Crippen molar-refractivity contribution in [2.24, 2.45) is 5.73 Å². The highest BCUT2D eigenvalue weighted by Gasteiger charge is 2.24. The Kier molecular flexibility index (Phi) is 3.79. The van der Waals surface area contributed by atoms with Crippen molar-refractivity contribution in [1.82, 2.24) is 4.90 Å². The molecule has 1 heterocycles. The summed E-state index contributed by atoms with van der Waals surface area (Å²) in [7, 11) is 0. The Balaban J connectivity index is 1.98. The highest BCUT2D eigenvalue weighted by molar-refractivity contribution is 6.39. The van der Waals surface area contributed by atoms with E-state index >= 15 is 0 Å². The van der Waals surface area contributed by atoms with Crippen molar-refractivity contribution in [3.63, 3.8) is 0 Å². The summed E-state index contributed by atoms with van der Waals surface area (Å²) in [4.78, 5) is 35.9. The van der Waals surface area contributed by atoms with Crippen molar-refractivity contribution < 1.29 is 14.4 Å². The Labute approximate surface area is 110 Å². The van der Waals surface area contributed by atoms with Crippen LogP contribution in [0.15, 0.2) is 24.3 Å². The first-order chi connectivity index (χ1) is 9.08. The molecule has 3 N–H and O–H groups in total. The summed E-state index contributed by atoms with van der Waals surface area (Å²) in [5, 5.41) is 2.50. The first-order valence-electron chi connectivity index (χ1n) is 6.08. The Bertz CT molecular complexity index is 504. The Morgan fingerprint density at radius 3 is 2.16 bits per heavy atom. The minimum absolute atomic E-state index is 0.351. The monoisotopic (exact) mass is 261 g/mol. The minimum atomic E-state index is -0.659. The van der Waals surface area contributed by atoms with Crippen molar-refractivity contribution in [3.05, 3.63) is 29.8 Å². The van der Waals surface area contributed by atoms with E-state index in [0.717, 1.165) is 12.8 Å². The lowest BCUT2D eigenvalue weighted by atomic mass is 10.2. The van der Waals surface area contributed by atoms with Gasteiger partial charge in [-0.25, -0.2) is 0 Å². The zero-order valence-electron chi connectivity index (χ0n) is 10.4. The van der Waals surface area contributed by atoms with Gasteiger partial charge in [0.2, 0.25) is 5.91 Å². The second-order valence-electron chi connectivity index (χ2n) is 4.40. The maximum absolute atomic E-state index is 11.8. The van der Waals surface area contributed by atoms with E-state index in [9.17, 15) is 14.4 Å². The third-order valence-electron chi connectivity index (χ3n) is 3.01. The van der Waals surface area contributed by atoms with Gasteiger partial charge < -0.3 is 16.0 Å². The normalized spacial score (nSPS) is 14.2. The number of nitrogens with two attached hydrogens (primary N) is 1. The molecule has 0 atom stereocenters. The fraction of sp³-hybridized carbons (Fsp3) is 0.308. The van der Waals surface area contributed by atoms with Gasteiger partial charge in [-0.3, -0.25) is 14.4 Å². The van der Waals surface area contributed by atoms with Gasteiger partial charge in [0.15, 0.2) is 0 Å². The number of amides is 3. The molecule has 6 heteroatoms. The number of carbonyl (C=O) groups is 3. The third-order valence-corrected chi connectivity index (χ3v) is 3.01. The number of likely N-dealkylation sites (tertiary alicyclic amines) is 1. The number of nitrogens with one attached hydrogen (secondary N) is 1. The third kappa shape index (κ3) is 3.09. The predicted molar refractivity (Wildman–Crippen MR) is 69.4 cm³/mol.